The Balaban J connectivity index is 1.35. The number of nitrogens with one attached hydrogen (secondary N) is 1. The zero-order valence-electron chi connectivity index (χ0n) is 17.7. The van der Waals surface area contributed by atoms with Gasteiger partial charge in [0, 0.05) is 29.2 Å². The van der Waals surface area contributed by atoms with Gasteiger partial charge in [-0.1, -0.05) is 42.1 Å². The number of aromatic nitrogens is 3. The van der Waals surface area contributed by atoms with Crippen molar-refractivity contribution in [3.8, 4) is 5.82 Å². The quantitative estimate of drug-likeness (QED) is 0.482. The Labute approximate surface area is 203 Å². The number of nitrogens with zero attached hydrogens (tertiary/aromatic N) is 4. The molecule has 0 unspecified atom stereocenters. The van der Waals surface area contributed by atoms with Gasteiger partial charge < -0.3 is 10.4 Å². The number of thioether (sulfide) groups is 2. The number of aliphatic carboxylic acids is 1. The van der Waals surface area contributed by atoms with Crippen molar-refractivity contribution in [2.75, 3.05) is 5.75 Å². The van der Waals surface area contributed by atoms with Crippen molar-refractivity contribution in [1.29, 1.82) is 0 Å². The Bertz CT molecular complexity index is 1280. The van der Waals surface area contributed by atoms with Crippen LogP contribution in [0.4, 0.5) is 0 Å². The molecule has 2 N–H and O–H groups in total. The van der Waals surface area contributed by atoms with Gasteiger partial charge in [-0.05, 0) is 23.8 Å². The number of rotatable bonds is 7. The fourth-order valence-corrected chi connectivity index (χ4v) is 6.40. The van der Waals surface area contributed by atoms with Crippen molar-refractivity contribution in [3.63, 3.8) is 0 Å². The van der Waals surface area contributed by atoms with E-state index in [0.717, 1.165) is 10.5 Å². The summed E-state index contributed by atoms with van der Waals surface area (Å²) in [4.78, 5) is 44.5. The Kier molecular flexibility index (Phi) is 6.12. The van der Waals surface area contributed by atoms with Crippen LogP contribution < -0.4 is 5.32 Å². The van der Waals surface area contributed by atoms with E-state index in [1.807, 2.05) is 36.4 Å². The summed E-state index contributed by atoms with van der Waals surface area (Å²) >= 11 is 2.69. The van der Waals surface area contributed by atoms with Gasteiger partial charge in [-0.25, -0.2) is 14.5 Å². The highest BCUT2D eigenvalue weighted by molar-refractivity contribution is 8.06. The van der Waals surface area contributed by atoms with E-state index < -0.39 is 23.3 Å². The Morgan fingerprint density at radius 1 is 1.15 bits per heavy atom. The van der Waals surface area contributed by atoms with Crippen LogP contribution in [0.5, 0.6) is 0 Å². The van der Waals surface area contributed by atoms with Crippen LogP contribution >= 0.6 is 23.5 Å². The molecule has 9 nitrogen and oxygen atoms in total. The lowest BCUT2D eigenvalue weighted by molar-refractivity contribution is -0.150. The predicted octanol–water partition coefficient (Wildman–Crippen LogP) is 2.30. The van der Waals surface area contributed by atoms with Crippen molar-refractivity contribution < 1.29 is 19.5 Å². The highest BCUT2D eigenvalue weighted by Gasteiger charge is 2.54. The number of hydrogen-bond donors (Lipinski definition) is 2. The molecule has 4 heterocycles. The highest BCUT2D eigenvalue weighted by atomic mass is 32.2. The summed E-state index contributed by atoms with van der Waals surface area (Å²) in [5.41, 5.74) is 0.789. The molecule has 3 aromatic rings. The molecule has 0 aliphatic carbocycles. The lowest BCUT2D eigenvalue weighted by Crippen LogP contribution is -2.70. The zero-order chi connectivity index (χ0) is 23.7. The van der Waals surface area contributed by atoms with Crippen LogP contribution in [-0.2, 0) is 20.8 Å². The first-order valence-corrected chi connectivity index (χ1v) is 12.3. The molecule has 1 aromatic carbocycles. The van der Waals surface area contributed by atoms with Crippen LogP contribution in [0.25, 0.3) is 5.82 Å². The molecule has 2 aromatic heterocycles. The molecule has 0 bridgehead atoms. The number of fused-ring (bicyclic) bond motifs is 1. The second-order valence-corrected chi connectivity index (χ2v) is 9.81. The first-order valence-electron chi connectivity index (χ1n) is 10.4. The summed E-state index contributed by atoms with van der Waals surface area (Å²) in [7, 11) is 0. The van der Waals surface area contributed by atoms with Crippen LogP contribution in [-0.4, -0.2) is 59.7 Å². The van der Waals surface area contributed by atoms with Gasteiger partial charge in [-0.2, -0.15) is 5.10 Å². The van der Waals surface area contributed by atoms with Crippen LogP contribution in [0.1, 0.15) is 5.56 Å². The maximum atomic E-state index is 12.9. The number of carbonyl (C=O) groups excluding carboxylic acids is 2. The first-order chi connectivity index (χ1) is 16.5. The van der Waals surface area contributed by atoms with E-state index in [1.165, 1.54) is 28.4 Å². The Hall–Kier alpha value is -3.57. The lowest BCUT2D eigenvalue weighted by Gasteiger charge is -2.49. The Morgan fingerprint density at radius 2 is 1.97 bits per heavy atom. The van der Waals surface area contributed by atoms with E-state index in [1.54, 1.807) is 35.4 Å². The average Bonchev–Trinajstić information content (AvgIpc) is 3.38. The maximum absolute atomic E-state index is 12.9. The minimum Gasteiger partial charge on any atom is -0.477 e. The van der Waals surface area contributed by atoms with E-state index in [9.17, 15) is 19.5 Å². The third-order valence-electron chi connectivity index (χ3n) is 5.37. The molecule has 34 heavy (non-hydrogen) atoms. The third-order valence-corrected chi connectivity index (χ3v) is 7.95. The minimum absolute atomic E-state index is 0.0532. The fraction of sp³-hybridized carbons (Fsp3) is 0.174. The molecule has 2 aliphatic rings. The summed E-state index contributed by atoms with van der Waals surface area (Å²) in [6.07, 6.45) is 5.19. The van der Waals surface area contributed by atoms with Crippen molar-refractivity contribution in [2.45, 2.75) is 22.7 Å². The van der Waals surface area contributed by atoms with Gasteiger partial charge in [0.15, 0.2) is 5.82 Å². The number of β-lactam (4-membered cyclic amide) rings is 1. The summed E-state index contributed by atoms with van der Waals surface area (Å²) in [6, 6.07) is 13.9. The first kappa shape index (κ1) is 22.2. The standard InChI is InChI=1S/C23H19N5O4S2/c29-17(12-14-6-2-1-3-7-14)26-18-21(30)28-19(23(31)32)16(13-33-22(18)28)34-15-8-4-9-24-20(15)27-11-5-10-25-27/h1-11,18,22H,12-13H2,(H,26,29)(H,31,32)/t18-,22-/m1/s1. The summed E-state index contributed by atoms with van der Waals surface area (Å²) < 4.78 is 1.61. The highest BCUT2D eigenvalue weighted by Crippen LogP contribution is 2.45. The van der Waals surface area contributed by atoms with Gasteiger partial charge in [0.25, 0.3) is 5.91 Å². The average molecular weight is 494 g/mol. The van der Waals surface area contributed by atoms with Gasteiger partial charge in [0.05, 0.1) is 11.3 Å². The molecule has 2 aliphatic heterocycles. The van der Waals surface area contributed by atoms with E-state index in [4.69, 9.17) is 0 Å². The molecular weight excluding hydrogens is 474 g/mol. The zero-order valence-corrected chi connectivity index (χ0v) is 19.3. The van der Waals surface area contributed by atoms with Crippen molar-refractivity contribution in [2.24, 2.45) is 0 Å². The van der Waals surface area contributed by atoms with E-state index >= 15 is 0 Å². The SMILES string of the molecule is O=C(Cc1ccccc1)N[C@@H]1C(=O)N2C(C(=O)O)=C(Sc3cccnc3-n3cccn3)CS[C@H]12. The van der Waals surface area contributed by atoms with Crippen molar-refractivity contribution in [1.82, 2.24) is 25.0 Å². The number of pyridine rings is 1. The van der Waals surface area contributed by atoms with Gasteiger partial charge in [-0.15, -0.1) is 11.8 Å². The van der Waals surface area contributed by atoms with Gasteiger partial charge in [0.2, 0.25) is 5.91 Å². The predicted molar refractivity (Wildman–Crippen MR) is 127 cm³/mol. The van der Waals surface area contributed by atoms with Crippen LogP contribution in [0.15, 0.2) is 82.6 Å². The molecule has 2 atom stereocenters. The molecule has 0 radical (unpaired) electrons. The molecule has 0 spiro atoms. The van der Waals surface area contributed by atoms with Crippen molar-refractivity contribution in [3.05, 3.63) is 83.3 Å². The molecule has 172 valence electrons. The number of amides is 2. The molecule has 5 rings (SSSR count). The molecule has 1 saturated heterocycles. The van der Waals surface area contributed by atoms with Gasteiger partial charge in [0.1, 0.15) is 17.1 Å². The summed E-state index contributed by atoms with van der Waals surface area (Å²) in [5.74, 6) is -0.917. The smallest absolute Gasteiger partial charge is 0.353 e. The number of carbonyl (C=O) groups is 3. The molecule has 2 amide bonds. The third kappa shape index (κ3) is 4.19. The topological polar surface area (TPSA) is 117 Å². The normalized spacial score (nSPS) is 19.4. The van der Waals surface area contributed by atoms with E-state index in [2.05, 4.69) is 15.4 Å². The van der Waals surface area contributed by atoms with Crippen LogP contribution in [0.3, 0.4) is 0 Å². The van der Waals surface area contributed by atoms with Gasteiger partial charge >= 0.3 is 5.97 Å². The largest absolute Gasteiger partial charge is 0.477 e. The Morgan fingerprint density at radius 3 is 2.71 bits per heavy atom. The number of carboxylic acids is 1. The second-order valence-electron chi connectivity index (χ2n) is 7.57. The lowest BCUT2D eigenvalue weighted by atomic mass is 10.0. The van der Waals surface area contributed by atoms with Crippen LogP contribution in [0, 0.1) is 0 Å². The summed E-state index contributed by atoms with van der Waals surface area (Å²) in [6.45, 7) is 0. The maximum Gasteiger partial charge on any atom is 0.353 e. The summed E-state index contributed by atoms with van der Waals surface area (Å²) in [5, 5.41) is 16.5. The molecule has 1 fully saturated rings. The minimum atomic E-state index is -1.18. The van der Waals surface area contributed by atoms with E-state index in [-0.39, 0.29) is 18.0 Å². The van der Waals surface area contributed by atoms with Gasteiger partial charge in [-0.3, -0.25) is 14.5 Å². The molecule has 11 heteroatoms. The number of benzene rings is 1. The monoisotopic (exact) mass is 493 g/mol. The van der Waals surface area contributed by atoms with E-state index in [0.29, 0.717) is 16.5 Å². The second kappa shape index (κ2) is 9.35. The van der Waals surface area contributed by atoms with Crippen LogP contribution in [0.2, 0.25) is 0 Å². The molecule has 0 saturated carbocycles. The number of carboxylic acid groups (broad SMARTS) is 1. The fourth-order valence-electron chi connectivity index (χ4n) is 3.84. The molecular formula is C23H19N5O4S2. The number of hydrogen-bond acceptors (Lipinski definition) is 7. The van der Waals surface area contributed by atoms with Crippen molar-refractivity contribution >= 4 is 41.3 Å².